The van der Waals surface area contributed by atoms with Crippen molar-refractivity contribution >= 4 is 23.6 Å². The number of aryl methyl sites for hydroxylation is 2. The van der Waals surface area contributed by atoms with Crippen LogP contribution in [-0.2, 0) is 10.5 Å². The van der Waals surface area contributed by atoms with Gasteiger partial charge in [-0.25, -0.2) is 9.97 Å². The summed E-state index contributed by atoms with van der Waals surface area (Å²) in [5.74, 6) is 0.193. The molecular weight excluding hydrogens is 408 g/mol. The maximum atomic E-state index is 12.3. The largest absolute Gasteiger partial charge is 0.273 e. The van der Waals surface area contributed by atoms with Gasteiger partial charge in [0.2, 0.25) is 5.91 Å². The van der Waals surface area contributed by atoms with Gasteiger partial charge in [0.1, 0.15) is 0 Å². The molecule has 0 aliphatic carbocycles. The van der Waals surface area contributed by atoms with E-state index in [1.807, 2.05) is 69.3 Å². The Balaban J connectivity index is 1.46. The summed E-state index contributed by atoms with van der Waals surface area (Å²) in [4.78, 5) is 33.3. The molecule has 1 unspecified atom stereocenters. The number of nitrogens with zero attached hydrogens (tertiary/aromatic N) is 2. The van der Waals surface area contributed by atoms with Crippen molar-refractivity contribution in [1.82, 2.24) is 20.8 Å². The molecule has 2 aromatic carbocycles. The molecule has 0 fully saturated rings. The molecule has 1 atom stereocenters. The molecule has 3 rings (SSSR count). The van der Waals surface area contributed by atoms with Gasteiger partial charge in [0.05, 0.1) is 0 Å². The van der Waals surface area contributed by atoms with Gasteiger partial charge < -0.3 is 0 Å². The monoisotopic (exact) mass is 434 g/mol. The quantitative estimate of drug-likeness (QED) is 0.328. The highest BCUT2D eigenvalue weighted by Gasteiger charge is 2.12. The van der Waals surface area contributed by atoms with Crippen LogP contribution in [0.4, 0.5) is 0 Å². The van der Waals surface area contributed by atoms with Crippen molar-refractivity contribution in [2.45, 2.75) is 44.0 Å². The molecule has 0 saturated heterocycles. The molecule has 31 heavy (non-hydrogen) atoms. The van der Waals surface area contributed by atoms with Crippen LogP contribution in [0.1, 0.15) is 52.1 Å². The van der Waals surface area contributed by atoms with Gasteiger partial charge in [-0.15, -0.1) is 0 Å². The Morgan fingerprint density at radius 2 is 1.58 bits per heavy atom. The first-order valence-corrected chi connectivity index (χ1v) is 11.1. The van der Waals surface area contributed by atoms with Gasteiger partial charge in [-0.1, -0.05) is 61.2 Å². The average molecular weight is 435 g/mol. The van der Waals surface area contributed by atoms with Crippen molar-refractivity contribution in [3.8, 4) is 0 Å². The summed E-state index contributed by atoms with van der Waals surface area (Å²) in [7, 11) is 0. The fourth-order valence-corrected chi connectivity index (χ4v) is 3.99. The summed E-state index contributed by atoms with van der Waals surface area (Å²) in [6, 6.07) is 19.0. The first-order valence-electron chi connectivity index (χ1n) is 10.1. The van der Waals surface area contributed by atoms with E-state index in [9.17, 15) is 9.59 Å². The lowest BCUT2D eigenvalue weighted by Crippen LogP contribution is -2.41. The summed E-state index contributed by atoms with van der Waals surface area (Å²) < 4.78 is 0. The number of hydrazine groups is 1. The SMILES string of the molecule is Cc1cc(C)nc(SCc2ccc(C(=O)NNC(=O)CC(C)c3ccccc3)cc2)n1. The van der Waals surface area contributed by atoms with Crippen LogP contribution in [0.5, 0.6) is 0 Å². The standard InChI is InChI=1S/C24H26N4O2S/c1-16(20-7-5-4-6-8-20)13-22(29)27-28-23(30)21-11-9-19(10-12-21)15-31-24-25-17(2)14-18(3)26-24/h4-12,14,16H,13,15H2,1-3H3,(H,27,29)(H,28,30). The minimum atomic E-state index is -0.349. The summed E-state index contributed by atoms with van der Waals surface area (Å²) in [5.41, 5.74) is 9.50. The second-order valence-corrected chi connectivity index (χ2v) is 8.38. The van der Waals surface area contributed by atoms with Gasteiger partial charge in [-0.2, -0.15) is 0 Å². The Labute approximate surface area is 186 Å². The highest BCUT2D eigenvalue weighted by molar-refractivity contribution is 7.98. The number of thioether (sulfide) groups is 1. The summed E-state index contributed by atoms with van der Waals surface area (Å²) in [6.45, 7) is 5.89. The first-order chi connectivity index (χ1) is 14.9. The third-order valence-electron chi connectivity index (χ3n) is 4.72. The molecule has 1 heterocycles. The molecule has 0 aliphatic rings. The van der Waals surface area contributed by atoms with Gasteiger partial charge in [0.25, 0.3) is 5.91 Å². The number of aromatic nitrogens is 2. The van der Waals surface area contributed by atoms with Gasteiger partial charge >= 0.3 is 0 Å². The fourth-order valence-electron chi connectivity index (χ4n) is 3.09. The van der Waals surface area contributed by atoms with Crippen LogP contribution in [0, 0.1) is 13.8 Å². The van der Waals surface area contributed by atoms with Crippen LogP contribution >= 0.6 is 11.8 Å². The van der Waals surface area contributed by atoms with E-state index in [0.29, 0.717) is 17.7 Å². The molecule has 2 N–H and O–H groups in total. The van der Waals surface area contributed by atoms with E-state index in [0.717, 1.165) is 27.7 Å². The number of nitrogens with one attached hydrogen (secondary N) is 2. The van der Waals surface area contributed by atoms with E-state index in [2.05, 4.69) is 20.8 Å². The smallest absolute Gasteiger partial charge is 0.269 e. The second-order valence-electron chi connectivity index (χ2n) is 7.44. The minimum absolute atomic E-state index is 0.0658. The van der Waals surface area contributed by atoms with Gasteiger partial charge in [-0.3, -0.25) is 20.4 Å². The van der Waals surface area contributed by atoms with E-state index in [1.165, 1.54) is 0 Å². The van der Waals surface area contributed by atoms with Crippen molar-refractivity contribution in [2.75, 3.05) is 0 Å². The zero-order valence-electron chi connectivity index (χ0n) is 17.9. The molecular formula is C24H26N4O2S. The van der Waals surface area contributed by atoms with Crippen molar-refractivity contribution in [2.24, 2.45) is 0 Å². The molecule has 0 saturated carbocycles. The van der Waals surface area contributed by atoms with Gasteiger partial charge in [0.15, 0.2) is 5.16 Å². The normalized spacial score (nSPS) is 11.6. The predicted molar refractivity (Wildman–Crippen MR) is 123 cm³/mol. The van der Waals surface area contributed by atoms with Gasteiger partial charge in [0, 0.05) is 29.1 Å². The van der Waals surface area contributed by atoms with Crippen LogP contribution in [0.2, 0.25) is 0 Å². The van der Waals surface area contributed by atoms with Crippen LogP contribution in [0.3, 0.4) is 0 Å². The van der Waals surface area contributed by atoms with Crippen molar-refractivity contribution in [3.63, 3.8) is 0 Å². The molecule has 0 radical (unpaired) electrons. The topological polar surface area (TPSA) is 84.0 Å². The number of hydrogen-bond donors (Lipinski definition) is 2. The lowest BCUT2D eigenvalue weighted by Gasteiger charge is -2.12. The first kappa shape index (κ1) is 22.5. The van der Waals surface area contributed by atoms with E-state index in [-0.39, 0.29) is 17.7 Å². The van der Waals surface area contributed by atoms with E-state index in [1.54, 1.807) is 23.9 Å². The number of carbonyl (C=O) groups is 2. The molecule has 1 aromatic heterocycles. The lowest BCUT2D eigenvalue weighted by atomic mass is 9.98. The summed E-state index contributed by atoms with van der Waals surface area (Å²) in [6.07, 6.45) is 0.293. The third kappa shape index (κ3) is 6.93. The Bertz CT molecular complexity index is 1020. The van der Waals surface area contributed by atoms with E-state index in [4.69, 9.17) is 0 Å². The fraction of sp³-hybridized carbons (Fsp3) is 0.250. The molecule has 0 aliphatic heterocycles. The Morgan fingerprint density at radius 3 is 2.23 bits per heavy atom. The highest BCUT2D eigenvalue weighted by atomic mass is 32.2. The molecule has 3 aromatic rings. The molecule has 0 bridgehead atoms. The Morgan fingerprint density at radius 1 is 0.935 bits per heavy atom. The molecule has 160 valence electrons. The molecule has 6 nitrogen and oxygen atoms in total. The summed E-state index contributed by atoms with van der Waals surface area (Å²) >= 11 is 1.55. The molecule has 0 spiro atoms. The number of benzene rings is 2. The van der Waals surface area contributed by atoms with Gasteiger partial charge in [-0.05, 0) is 49.1 Å². The second kappa shape index (κ2) is 10.7. The van der Waals surface area contributed by atoms with E-state index < -0.39 is 0 Å². The van der Waals surface area contributed by atoms with Crippen LogP contribution in [0.25, 0.3) is 0 Å². The van der Waals surface area contributed by atoms with Crippen molar-refractivity contribution in [3.05, 3.63) is 88.7 Å². The molecule has 2 amide bonds. The zero-order valence-corrected chi connectivity index (χ0v) is 18.7. The maximum Gasteiger partial charge on any atom is 0.269 e. The lowest BCUT2D eigenvalue weighted by molar-refractivity contribution is -0.122. The number of hydrogen-bond acceptors (Lipinski definition) is 5. The predicted octanol–water partition coefficient (Wildman–Crippen LogP) is 4.34. The van der Waals surface area contributed by atoms with Crippen LogP contribution < -0.4 is 10.9 Å². The minimum Gasteiger partial charge on any atom is -0.273 e. The summed E-state index contributed by atoms with van der Waals surface area (Å²) in [5, 5.41) is 0.742. The highest BCUT2D eigenvalue weighted by Crippen LogP contribution is 2.20. The molecule has 7 heteroatoms. The average Bonchev–Trinajstić information content (AvgIpc) is 2.76. The number of carbonyl (C=O) groups excluding carboxylic acids is 2. The van der Waals surface area contributed by atoms with Crippen molar-refractivity contribution < 1.29 is 9.59 Å². The Hall–Kier alpha value is -3.19. The third-order valence-corrected chi connectivity index (χ3v) is 5.64. The van der Waals surface area contributed by atoms with Crippen LogP contribution in [0.15, 0.2) is 65.8 Å². The van der Waals surface area contributed by atoms with Crippen LogP contribution in [-0.4, -0.2) is 21.8 Å². The van der Waals surface area contributed by atoms with Crippen molar-refractivity contribution in [1.29, 1.82) is 0 Å². The zero-order chi connectivity index (χ0) is 22.2. The Kier molecular flexibility index (Phi) is 7.78. The van der Waals surface area contributed by atoms with E-state index >= 15 is 0 Å². The number of rotatable bonds is 7. The maximum absolute atomic E-state index is 12.3. The number of amides is 2.